The molecule has 0 saturated carbocycles. The molecule has 0 unspecified atom stereocenters. The third kappa shape index (κ3) is 2.38. The van der Waals surface area contributed by atoms with Crippen molar-refractivity contribution in [1.82, 2.24) is 4.98 Å². The van der Waals surface area contributed by atoms with E-state index in [0.717, 1.165) is 5.56 Å². The predicted molar refractivity (Wildman–Crippen MR) is 64.6 cm³/mol. The monoisotopic (exact) mass is 243 g/mol. The number of rotatable bonds is 2. The van der Waals surface area contributed by atoms with Crippen molar-refractivity contribution in [2.75, 3.05) is 5.73 Å². The molecule has 0 aliphatic carbocycles. The quantitative estimate of drug-likeness (QED) is 0.880. The average molecular weight is 243 g/mol. The molecule has 1 heterocycles. The molecule has 0 aliphatic heterocycles. The van der Waals surface area contributed by atoms with Crippen molar-refractivity contribution in [2.24, 2.45) is 0 Å². The Morgan fingerprint density at radius 3 is 2.83 bits per heavy atom. The number of hydrogen-bond donors (Lipinski definition) is 1. The number of hydrogen-bond acceptors (Lipinski definition) is 4. The molecule has 0 fully saturated rings. The van der Waals surface area contributed by atoms with Gasteiger partial charge in [0.2, 0.25) is 5.88 Å². The summed E-state index contributed by atoms with van der Waals surface area (Å²) in [4.78, 5) is 3.92. The number of nitrogens with zero attached hydrogens (tertiary/aromatic N) is 2. The van der Waals surface area contributed by atoms with E-state index < -0.39 is 5.82 Å². The summed E-state index contributed by atoms with van der Waals surface area (Å²) in [7, 11) is 0. The highest BCUT2D eigenvalue weighted by Gasteiger charge is 2.08. The minimum Gasteiger partial charge on any atom is -0.437 e. The first-order valence-electron chi connectivity index (χ1n) is 5.20. The van der Waals surface area contributed by atoms with Crippen LogP contribution in [0, 0.1) is 24.1 Å². The van der Waals surface area contributed by atoms with Gasteiger partial charge >= 0.3 is 0 Å². The van der Waals surface area contributed by atoms with Crippen LogP contribution in [0.1, 0.15) is 11.1 Å². The third-order valence-electron chi connectivity index (χ3n) is 2.36. The van der Waals surface area contributed by atoms with Gasteiger partial charge in [0, 0.05) is 12.3 Å². The van der Waals surface area contributed by atoms with Gasteiger partial charge in [-0.15, -0.1) is 0 Å². The number of nitriles is 1. The predicted octanol–water partition coefficient (Wildman–Crippen LogP) is 2.78. The number of ether oxygens (including phenoxy) is 1. The van der Waals surface area contributed by atoms with Crippen LogP contribution < -0.4 is 10.5 Å². The van der Waals surface area contributed by atoms with Gasteiger partial charge in [0.25, 0.3) is 0 Å². The zero-order chi connectivity index (χ0) is 13.1. The first-order chi connectivity index (χ1) is 8.60. The van der Waals surface area contributed by atoms with Gasteiger partial charge < -0.3 is 10.5 Å². The second kappa shape index (κ2) is 4.72. The standard InChI is InChI=1S/C13H10FN3O/c1-8-2-3-10(14)5-12(8)18-13-11(16)4-9(6-15)7-17-13/h2-5,7H,16H2,1H3. The van der Waals surface area contributed by atoms with E-state index in [0.29, 0.717) is 11.3 Å². The van der Waals surface area contributed by atoms with Crippen LogP contribution in [0.5, 0.6) is 11.6 Å². The van der Waals surface area contributed by atoms with Crippen LogP contribution in [0.2, 0.25) is 0 Å². The van der Waals surface area contributed by atoms with E-state index >= 15 is 0 Å². The van der Waals surface area contributed by atoms with Gasteiger partial charge in [-0.25, -0.2) is 9.37 Å². The normalized spacial score (nSPS) is 9.83. The number of aryl methyl sites for hydroxylation is 1. The molecule has 0 bridgehead atoms. The first kappa shape index (κ1) is 11.9. The average Bonchev–Trinajstić information content (AvgIpc) is 2.36. The Morgan fingerprint density at radius 1 is 1.39 bits per heavy atom. The number of aromatic nitrogens is 1. The molecule has 0 atom stereocenters. The Bertz CT molecular complexity index is 635. The lowest BCUT2D eigenvalue weighted by atomic mass is 10.2. The van der Waals surface area contributed by atoms with Gasteiger partial charge in [-0.2, -0.15) is 5.26 Å². The number of nitrogen functional groups attached to an aromatic ring is 1. The van der Waals surface area contributed by atoms with E-state index in [2.05, 4.69) is 4.98 Å². The van der Waals surface area contributed by atoms with E-state index in [9.17, 15) is 4.39 Å². The van der Waals surface area contributed by atoms with Crippen molar-refractivity contribution in [3.05, 3.63) is 47.4 Å². The third-order valence-corrected chi connectivity index (χ3v) is 2.36. The Kier molecular flexibility index (Phi) is 3.11. The highest BCUT2D eigenvalue weighted by Crippen LogP contribution is 2.28. The Hall–Kier alpha value is -2.61. The number of halogens is 1. The summed E-state index contributed by atoms with van der Waals surface area (Å²) in [6, 6.07) is 7.58. The summed E-state index contributed by atoms with van der Waals surface area (Å²) >= 11 is 0. The molecular weight excluding hydrogens is 233 g/mol. The van der Waals surface area contributed by atoms with Crippen LogP contribution in [0.15, 0.2) is 30.5 Å². The fourth-order valence-electron chi connectivity index (χ4n) is 1.40. The molecule has 4 nitrogen and oxygen atoms in total. The van der Waals surface area contributed by atoms with Crippen LogP contribution in [-0.2, 0) is 0 Å². The van der Waals surface area contributed by atoms with Gasteiger partial charge in [0.05, 0.1) is 11.3 Å². The molecule has 90 valence electrons. The van der Waals surface area contributed by atoms with E-state index in [1.54, 1.807) is 13.0 Å². The zero-order valence-corrected chi connectivity index (χ0v) is 9.64. The number of anilines is 1. The molecule has 0 radical (unpaired) electrons. The minimum absolute atomic E-state index is 0.155. The van der Waals surface area contributed by atoms with Crippen LogP contribution in [0.4, 0.5) is 10.1 Å². The second-order valence-corrected chi connectivity index (χ2v) is 3.74. The molecule has 0 saturated heterocycles. The Labute approximate surface area is 103 Å². The van der Waals surface area contributed by atoms with Crippen LogP contribution >= 0.6 is 0 Å². The van der Waals surface area contributed by atoms with Crippen molar-refractivity contribution in [3.8, 4) is 17.7 Å². The lowest BCUT2D eigenvalue weighted by molar-refractivity contribution is 0.457. The SMILES string of the molecule is Cc1ccc(F)cc1Oc1ncc(C#N)cc1N. The maximum atomic E-state index is 13.1. The van der Waals surface area contributed by atoms with Gasteiger partial charge in [0.1, 0.15) is 17.6 Å². The molecule has 0 amide bonds. The van der Waals surface area contributed by atoms with E-state index in [1.165, 1.54) is 24.4 Å². The first-order valence-corrected chi connectivity index (χ1v) is 5.20. The molecule has 2 N–H and O–H groups in total. The Morgan fingerprint density at radius 2 is 2.17 bits per heavy atom. The van der Waals surface area contributed by atoms with Crippen molar-refractivity contribution in [3.63, 3.8) is 0 Å². The van der Waals surface area contributed by atoms with Crippen molar-refractivity contribution in [1.29, 1.82) is 5.26 Å². The van der Waals surface area contributed by atoms with E-state index in [4.69, 9.17) is 15.7 Å². The molecule has 18 heavy (non-hydrogen) atoms. The van der Waals surface area contributed by atoms with E-state index in [-0.39, 0.29) is 11.6 Å². The van der Waals surface area contributed by atoms with Crippen LogP contribution in [0.25, 0.3) is 0 Å². The second-order valence-electron chi connectivity index (χ2n) is 3.74. The minimum atomic E-state index is -0.400. The molecule has 1 aromatic carbocycles. The summed E-state index contributed by atoms with van der Waals surface area (Å²) in [5.74, 6) is 0.101. The Balaban J connectivity index is 2.34. The summed E-state index contributed by atoms with van der Waals surface area (Å²) in [5.41, 5.74) is 7.04. The maximum absolute atomic E-state index is 13.1. The summed E-state index contributed by atoms with van der Waals surface area (Å²) in [5, 5.41) is 8.69. The smallest absolute Gasteiger partial charge is 0.242 e. The fraction of sp³-hybridized carbons (Fsp3) is 0.0769. The summed E-state index contributed by atoms with van der Waals surface area (Å²) in [6.45, 7) is 1.79. The summed E-state index contributed by atoms with van der Waals surface area (Å²) in [6.07, 6.45) is 1.35. The van der Waals surface area contributed by atoms with Crippen LogP contribution in [0.3, 0.4) is 0 Å². The fourth-order valence-corrected chi connectivity index (χ4v) is 1.40. The molecule has 2 rings (SSSR count). The highest BCUT2D eigenvalue weighted by molar-refractivity contribution is 5.53. The largest absolute Gasteiger partial charge is 0.437 e. The van der Waals surface area contributed by atoms with Gasteiger partial charge in [-0.1, -0.05) is 6.07 Å². The highest BCUT2D eigenvalue weighted by atomic mass is 19.1. The number of pyridine rings is 1. The van der Waals surface area contributed by atoms with Crippen molar-refractivity contribution < 1.29 is 9.13 Å². The number of nitrogens with two attached hydrogens (primary N) is 1. The van der Waals surface area contributed by atoms with E-state index in [1.807, 2.05) is 6.07 Å². The molecule has 0 aliphatic rings. The molecule has 0 spiro atoms. The molecular formula is C13H10FN3O. The molecule has 1 aromatic heterocycles. The van der Waals surface area contributed by atoms with Gasteiger partial charge in [0.15, 0.2) is 0 Å². The maximum Gasteiger partial charge on any atom is 0.242 e. The van der Waals surface area contributed by atoms with Crippen molar-refractivity contribution >= 4 is 5.69 Å². The molecule has 2 aromatic rings. The van der Waals surface area contributed by atoms with Crippen LogP contribution in [-0.4, -0.2) is 4.98 Å². The number of benzene rings is 1. The van der Waals surface area contributed by atoms with Gasteiger partial charge in [-0.05, 0) is 24.6 Å². The lowest BCUT2D eigenvalue weighted by Gasteiger charge is -2.09. The zero-order valence-electron chi connectivity index (χ0n) is 9.64. The molecule has 5 heteroatoms. The van der Waals surface area contributed by atoms with Gasteiger partial charge in [-0.3, -0.25) is 0 Å². The summed E-state index contributed by atoms with van der Waals surface area (Å²) < 4.78 is 18.5. The lowest BCUT2D eigenvalue weighted by Crippen LogP contribution is -1.97. The van der Waals surface area contributed by atoms with Crippen molar-refractivity contribution in [2.45, 2.75) is 6.92 Å². The topological polar surface area (TPSA) is 71.9 Å².